The summed E-state index contributed by atoms with van der Waals surface area (Å²) in [7, 11) is 1.52. The van der Waals surface area contributed by atoms with Crippen molar-refractivity contribution in [1.29, 1.82) is 0 Å². The van der Waals surface area contributed by atoms with Gasteiger partial charge in [-0.25, -0.2) is 4.79 Å². The molecular weight excluding hydrogens is 306 g/mol. The number of ether oxygens (including phenoxy) is 1. The summed E-state index contributed by atoms with van der Waals surface area (Å²) in [5, 5.41) is 12.0. The third kappa shape index (κ3) is 2.33. The summed E-state index contributed by atoms with van der Waals surface area (Å²) >= 11 is 0. The van der Waals surface area contributed by atoms with Crippen LogP contribution in [-0.4, -0.2) is 30.6 Å². The molecule has 0 unspecified atom stereocenters. The lowest BCUT2D eigenvalue weighted by atomic mass is 9.73. The Hall–Kier alpha value is -2.82. The minimum Gasteiger partial charge on any atom is -0.491 e. The van der Waals surface area contributed by atoms with Crippen molar-refractivity contribution in [3.63, 3.8) is 0 Å². The van der Waals surface area contributed by atoms with Crippen LogP contribution in [0.15, 0.2) is 42.5 Å². The van der Waals surface area contributed by atoms with E-state index in [0.717, 1.165) is 17.5 Å². The Balaban J connectivity index is 2.28. The van der Waals surface area contributed by atoms with Gasteiger partial charge >= 0.3 is 5.97 Å². The van der Waals surface area contributed by atoms with Gasteiger partial charge in [0.2, 0.25) is 0 Å². The maximum absolute atomic E-state index is 12.2. The Bertz CT molecular complexity index is 801. The molecule has 0 aliphatic carbocycles. The van der Waals surface area contributed by atoms with Crippen LogP contribution in [0, 0.1) is 0 Å². The van der Waals surface area contributed by atoms with E-state index in [9.17, 15) is 14.7 Å². The van der Waals surface area contributed by atoms with Gasteiger partial charge < -0.3 is 15.2 Å². The van der Waals surface area contributed by atoms with Gasteiger partial charge in [-0.05, 0) is 24.1 Å². The maximum Gasteiger partial charge on any atom is 0.335 e. The van der Waals surface area contributed by atoms with E-state index in [1.54, 1.807) is 6.07 Å². The Morgan fingerprint density at radius 2 is 1.96 bits per heavy atom. The average molecular weight is 325 g/mol. The van der Waals surface area contributed by atoms with E-state index in [4.69, 9.17) is 4.74 Å². The lowest BCUT2D eigenvalue weighted by Crippen LogP contribution is -2.28. The summed E-state index contributed by atoms with van der Waals surface area (Å²) in [6.07, 6.45) is 0.736. The SMILES string of the molecule is CC[C@@]1(c2ccccc2)COc2c(C(=O)NC)cc(C(=O)O)cc21. The number of carbonyl (C=O) groups is 2. The normalized spacial score (nSPS) is 18.6. The van der Waals surface area contributed by atoms with E-state index in [0.29, 0.717) is 12.4 Å². The third-order valence-electron chi connectivity index (χ3n) is 4.72. The molecule has 24 heavy (non-hydrogen) atoms. The van der Waals surface area contributed by atoms with Gasteiger partial charge in [0.1, 0.15) is 12.4 Å². The van der Waals surface area contributed by atoms with Crippen LogP contribution in [0.4, 0.5) is 0 Å². The van der Waals surface area contributed by atoms with Crippen LogP contribution in [0.5, 0.6) is 5.75 Å². The van der Waals surface area contributed by atoms with Gasteiger partial charge in [-0.15, -0.1) is 0 Å². The highest BCUT2D eigenvalue weighted by Gasteiger charge is 2.43. The number of carboxylic acids is 1. The smallest absolute Gasteiger partial charge is 0.335 e. The lowest BCUT2D eigenvalue weighted by Gasteiger charge is -2.27. The molecule has 0 fully saturated rings. The number of nitrogens with one attached hydrogen (secondary N) is 1. The fraction of sp³-hybridized carbons (Fsp3) is 0.263. The average Bonchev–Trinajstić information content (AvgIpc) is 3.00. The molecule has 1 heterocycles. The minimum absolute atomic E-state index is 0.0895. The first-order valence-corrected chi connectivity index (χ1v) is 7.85. The van der Waals surface area contributed by atoms with Gasteiger partial charge in [0.25, 0.3) is 5.91 Å². The van der Waals surface area contributed by atoms with Crippen LogP contribution in [-0.2, 0) is 5.41 Å². The van der Waals surface area contributed by atoms with E-state index >= 15 is 0 Å². The van der Waals surface area contributed by atoms with Gasteiger partial charge in [-0.2, -0.15) is 0 Å². The molecule has 2 aromatic carbocycles. The van der Waals surface area contributed by atoms with Crippen molar-refractivity contribution in [2.75, 3.05) is 13.7 Å². The van der Waals surface area contributed by atoms with Crippen molar-refractivity contribution >= 4 is 11.9 Å². The quantitative estimate of drug-likeness (QED) is 0.906. The Labute approximate surface area is 140 Å². The highest BCUT2D eigenvalue weighted by Crippen LogP contribution is 2.47. The molecule has 0 radical (unpaired) electrons. The van der Waals surface area contributed by atoms with Crippen molar-refractivity contribution in [3.05, 3.63) is 64.7 Å². The van der Waals surface area contributed by atoms with E-state index in [2.05, 4.69) is 5.32 Å². The number of carboxylic acid groups (broad SMARTS) is 1. The number of benzene rings is 2. The molecule has 1 amide bonds. The number of carbonyl (C=O) groups excluding carboxylic acids is 1. The fourth-order valence-corrected chi connectivity index (χ4v) is 3.33. The van der Waals surface area contributed by atoms with E-state index in [1.165, 1.54) is 13.1 Å². The van der Waals surface area contributed by atoms with Gasteiger partial charge in [0.05, 0.1) is 16.5 Å². The summed E-state index contributed by atoms with van der Waals surface area (Å²) in [5.41, 5.74) is 1.71. The van der Waals surface area contributed by atoms with Crippen molar-refractivity contribution in [2.45, 2.75) is 18.8 Å². The Morgan fingerprint density at radius 1 is 1.25 bits per heavy atom. The molecule has 3 rings (SSSR count). The van der Waals surface area contributed by atoms with Crippen molar-refractivity contribution in [2.24, 2.45) is 0 Å². The Kier molecular flexibility index (Phi) is 4.01. The van der Waals surface area contributed by atoms with E-state index in [1.807, 2.05) is 37.3 Å². The van der Waals surface area contributed by atoms with Gasteiger partial charge in [0.15, 0.2) is 0 Å². The van der Waals surface area contributed by atoms with Gasteiger partial charge in [0, 0.05) is 12.6 Å². The lowest BCUT2D eigenvalue weighted by molar-refractivity contribution is 0.0696. The molecule has 0 saturated heterocycles. The second kappa shape index (κ2) is 6.00. The summed E-state index contributed by atoms with van der Waals surface area (Å²) in [6.45, 7) is 2.42. The molecule has 0 saturated carbocycles. The zero-order chi connectivity index (χ0) is 17.3. The molecule has 1 atom stereocenters. The molecule has 124 valence electrons. The standard InChI is InChI=1S/C19H19NO4/c1-3-19(13-7-5-4-6-8-13)11-24-16-14(17(21)20-2)9-12(18(22)23)10-15(16)19/h4-10H,3,11H2,1-2H3,(H,20,21)(H,22,23)/t19-/m0/s1. The van der Waals surface area contributed by atoms with E-state index < -0.39 is 11.4 Å². The monoisotopic (exact) mass is 325 g/mol. The van der Waals surface area contributed by atoms with Crippen LogP contribution >= 0.6 is 0 Å². The van der Waals surface area contributed by atoms with Crippen molar-refractivity contribution in [3.8, 4) is 5.75 Å². The molecular formula is C19H19NO4. The molecule has 5 heteroatoms. The predicted octanol–water partition coefficient (Wildman–Crippen LogP) is 2.83. The van der Waals surface area contributed by atoms with E-state index in [-0.39, 0.29) is 17.0 Å². The van der Waals surface area contributed by atoms with Crippen molar-refractivity contribution in [1.82, 2.24) is 5.32 Å². The second-order valence-corrected chi connectivity index (χ2v) is 5.88. The summed E-state index contributed by atoms with van der Waals surface area (Å²) in [5.74, 6) is -0.938. The van der Waals surface area contributed by atoms with Gasteiger partial charge in [-0.1, -0.05) is 37.3 Å². The predicted molar refractivity (Wildman–Crippen MR) is 89.8 cm³/mol. The first-order valence-electron chi connectivity index (χ1n) is 7.85. The summed E-state index contributed by atoms with van der Waals surface area (Å²) in [4.78, 5) is 23.7. The number of aromatic carboxylic acids is 1. The minimum atomic E-state index is -1.06. The number of hydrogen-bond acceptors (Lipinski definition) is 3. The molecule has 2 N–H and O–H groups in total. The van der Waals surface area contributed by atoms with Crippen LogP contribution in [0.2, 0.25) is 0 Å². The molecule has 0 spiro atoms. The fourth-order valence-electron chi connectivity index (χ4n) is 3.33. The summed E-state index contributed by atoms with van der Waals surface area (Å²) in [6, 6.07) is 12.9. The number of fused-ring (bicyclic) bond motifs is 1. The topological polar surface area (TPSA) is 75.6 Å². The zero-order valence-corrected chi connectivity index (χ0v) is 13.6. The number of rotatable bonds is 4. The molecule has 0 aromatic heterocycles. The third-order valence-corrected chi connectivity index (χ3v) is 4.72. The zero-order valence-electron chi connectivity index (χ0n) is 13.6. The highest BCUT2D eigenvalue weighted by molar-refractivity contribution is 6.00. The first-order chi connectivity index (χ1) is 11.5. The van der Waals surface area contributed by atoms with Crippen molar-refractivity contribution < 1.29 is 19.4 Å². The number of hydrogen-bond donors (Lipinski definition) is 2. The molecule has 0 bridgehead atoms. The Morgan fingerprint density at radius 3 is 2.54 bits per heavy atom. The molecule has 1 aliphatic rings. The van der Waals surface area contributed by atoms with Gasteiger partial charge in [-0.3, -0.25) is 4.79 Å². The molecule has 1 aliphatic heterocycles. The number of amides is 1. The largest absolute Gasteiger partial charge is 0.491 e. The first kappa shape index (κ1) is 16.1. The van der Waals surface area contributed by atoms with Crippen LogP contribution in [0.25, 0.3) is 0 Å². The van der Waals surface area contributed by atoms with Crippen LogP contribution in [0.1, 0.15) is 45.2 Å². The summed E-state index contributed by atoms with van der Waals surface area (Å²) < 4.78 is 5.89. The molecule has 2 aromatic rings. The maximum atomic E-state index is 12.2. The highest BCUT2D eigenvalue weighted by atomic mass is 16.5. The van der Waals surface area contributed by atoms with Crippen LogP contribution < -0.4 is 10.1 Å². The molecule has 5 nitrogen and oxygen atoms in total. The van der Waals surface area contributed by atoms with Crippen LogP contribution in [0.3, 0.4) is 0 Å². The second-order valence-electron chi connectivity index (χ2n) is 5.88.